The first-order chi connectivity index (χ1) is 13.7. The summed E-state index contributed by atoms with van der Waals surface area (Å²) >= 11 is 0. The van der Waals surface area contributed by atoms with Crippen LogP contribution >= 0.6 is 0 Å². The zero-order valence-electron chi connectivity index (χ0n) is 15.9. The van der Waals surface area contributed by atoms with Crippen LogP contribution in [0.15, 0.2) is 71.7 Å². The molecule has 2 heterocycles. The summed E-state index contributed by atoms with van der Waals surface area (Å²) in [6.07, 6.45) is 3.62. The molecular weight excluding hydrogens is 350 g/mol. The lowest BCUT2D eigenvalue weighted by Gasteiger charge is -2.32. The summed E-state index contributed by atoms with van der Waals surface area (Å²) in [4.78, 5) is 27.0. The Hall–Kier alpha value is -2.92. The van der Waals surface area contributed by atoms with Crippen LogP contribution in [0.2, 0.25) is 0 Å². The fourth-order valence-electron chi connectivity index (χ4n) is 3.90. The predicted octanol–water partition coefficient (Wildman–Crippen LogP) is 2.78. The SMILES string of the molecule is O=C(Cn1ccc(=O)c2ccccc21)NC1CCN(Cc2ccccc2)CC1. The molecular formula is C23H25N3O2. The highest BCUT2D eigenvalue weighted by Crippen LogP contribution is 2.14. The number of para-hydroxylation sites is 1. The van der Waals surface area contributed by atoms with E-state index in [-0.39, 0.29) is 23.9 Å². The lowest BCUT2D eigenvalue weighted by molar-refractivity contribution is -0.122. The molecule has 3 aromatic rings. The maximum Gasteiger partial charge on any atom is 0.240 e. The normalized spacial score (nSPS) is 15.6. The van der Waals surface area contributed by atoms with Crippen LogP contribution in [-0.2, 0) is 17.9 Å². The summed E-state index contributed by atoms with van der Waals surface area (Å²) in [7, 11) is 0. The van der Waals surface area contributed by atoms with Crippen molar-refractivity contribution in [2.45, 2.75) is 32.0 Å². The number of hydrogen-bond donors (Lipinski definition) is 1. The van der Waals surface area contributed by atoms with Crippen molar-refractivity contribution in [3.8, 4) is 0 Å². The Morgan fingerprint density at radius 2 is 1.68 bits per heavy atom. The highest BCUT2D eigenvalue weighted by atomic mass is 16.2. The zero-order valence-corrected chi connectivity index (χ0v) is 15.9. The Labute approximate surface area is 164 Å². The highest BCUT2D eigenvalue weighted by Gasteiger charge is 2.21. The summed E-state index contributed by atoms with van der Waals surface area (Å²) in [5, 5.41) is 3.81. The number of aromatic nitrogens is 1. The fraction of sp³-hybridized carbons (Fsp3) is 0.304. The maximum atomic E-state index is 12.6. The molecule has 1 N–H and O–H groups in total. The van der Waals surface area contributed by atoms with Crippen LogP contribution in [0.3, 0.4) is 0 Å². The van der Waals surface area contributed by atoms with Crippen molar-refractivity contribution >= 4 is 16.8 Å². The molecule has 144 valence electrons. The van der Waals surface area contributed by atoms with Gasteiger partial charge in [0.15, 0.2) is 5.43 Å². The van der Waals surface area contributed by atoms with Gasteiger partial charge in [0.05, 0.1) is 5.52 Å². The lowest BCUT2D eigenvalue weighted by Crippen LogP contribution is -2.45. The molecule has 0 saturated carbocycles. The third-order valence-electron chi connectivity index (χ3n) is 5.40. The molecule has 1 amide bonds. The van der Waals surface area contributed by atoms with Crippen LogP contribution in [-0.4, -0.2) is 34.5 Å². The van der Waals surface area contributed by atoms with Crippen molar-refractivity contribution in [2.24, 2.45) is 0 Å². The van der Waals surface area contributed by atoms with Crippen LogP contribution in [0.4, 0.5) is 0 Å². The molecule has 0 aliphatic carbocycles. The van der Waals surface area contributed by atoms with Crippen LogP contribution in [0, 0.1) is 0 Å². The number of fused-ring (bicyclic) bond motifs is 1. The summed E-state index contributed by atoms with van der Waals surface area (Å²) in [5.74, 6) is -0.00434. The van der Waals surface area contributed by atoms with Gasteiger partial charge >= 0.3 is 0 Å². The smallest absolute Gasteiger partial charge is 0.240 e. The van der Waals surface area contributed by atoms with Crippen molar-refractivity contribution in [2.75, 3.05) is 13.1 Å². The van der Waals surface area contributed by atoms with E-state index in [1.54, 1.807) is 12.3 Å². The second-order valence-corrected chi connectivity index (χ2v) is 7.43. The number of piperidine rings is 1. The van der Waals surface area contributed by atoms with Gasteiger partial charge in [-0.1, -0.05) is 42.5 Å². The van der Waals surface area contributed by atoms with E-state index in [0.717, 1.165) is 38.0 Å². The van der Waals surface area contributed by atoms with E-state index >= 15 is 0 Å². The second kappa shape index (κ2) is 8.40. The third kappa shape index (κ3) is 4.31. The highest BCUT2D eigenvalue weighted by molar-refractivity contribution is 5.82. The second-order valence-electron chi connectivity index (χ2n) is 7.43. The molecule has 5 nitrogen and oxygen atoms in total. The van der Waals surface area contributed by atoms with Gasteiger partial charge in [-0.05, 0) is 30.5 Å². The third-order valence-corrected chi connectivity index (χ3v) is 5.40. The van der Waals surface area contributed by atoms with Gasteiger partial charge in [0, 0.05) is 43.3 Å². The topological polar surface area (TPSA) is 54.3 Å². The van der Waals surface area contributed by atoms with Gasteiger partial charge in [-0.2, -0.15) is 0 Å². The summed E-state index contributed by atoms with van der Waals surface area (Å²) in [6, 6.07) is 19.6. The molecule has 1 fully saturated rings. The number of carbonyl (C=O) groups is 1. The zero-order chi connectivity index (χ0) is 19.3. The molecule has 1 aromatic heterocycles. The van der Waals surface area contributed by atoms with Crippen LogP contribution < -0.4 is 10.7 Å². The average molecular weight is 375 g/mol. The van der Waals surface area contributed by atoms with Gasteiger partial charge in [-0.15, -0.1) is 0 Å². The first-order valence-electron chi connectivity index (χ1n) is 9.83. The van der Waals surface area contributed by atoms with Gasteiger partial charge < -0.3 is 9.88 Å². The summed E-state index contributed by atoms with van der Waals surface area (Å²) in [6.45, 7) is 3.16. The first kappa shape index (κ1) is 18.4. The van der Waals surface area contributed by atoms with Crippen LogP contribution in [0.25, 0.3) is 10.9 Å². The quantitative estimate of drug-likeness (QED) is 0.746. The molecule has 28 heavy (non-hydrogen) atoms. The minimum Gasteiger partial charge on any atom is -0.352 e. The van der Waals surface area contributed by atoms with E-state index in [1.165, 1.54) is 11.6 Å². The fourth-order valence-corrected chi connectivity index (χ4v) is 3.90. The number of rotatable bonds is 5. The monoisotopic (exact) mass is 375 g/mol. The average Bonchev–Trinajstić information content (AvgIpc) is 2.73. The number of nitrogens with one attached hydrogen (secondary N) is 1. The molecule has 1 saturated heterocycles. The molecule has 0 bridgehead atoms. The maximum absolute atomic E-state index is 12.6. The van der Waals surface area contributed by atoms with Gasteiger partial charge in [-0.25, -0.2) is 0 Å². The molecule has 0 radical (unpaired) electrons. The molecule has 1 aliphatic rings. The number of benzene rings is 2. The number of pyridine rings is 1. The molecule has 1 aliphatic heterocycles. The van der Waals surface area contributed by atoms with Gasteiger partial charge in [0.2, 0.25) is 5.91 Å². The standard InChI is InChI=1S/C23H25N3O2/c27-22-12-15-26(21-9-5-4-8-20(21)22)17-23(28)24-19-10-13-25(14-11-19)16-18-6-2-1-3-7-18/h1-9,12,15,19H,10-11,13-14,16-17H2,(H,24,28). The van der Waals surface area contributed by atoms with Gasteiger partial charge in [0.1, 0.15) is 6.54 Å². The number of hydrogen-bond acceptors (Lipinski definition) is 3. The van der Waals surface area contributed by atoms with E-state index in [4.69, 9.17) is 0 Å². The van der Waals surface area contributed by atoms with E-state index in [0.29, 0.717) is 5.39 Å². The van der Waals surface area contributed by atoms with Crippen LogP contribution in [0.5, 0.6) is 0 Å². The molecule has 4 rings (SSSR count). The Kier molecular flexibility index (Phi) is 5.53. The van der Waals surface area contributed by atoms with Crippen LogP contribution in [0.1, 0.15) is 18.4 Å². The Morgan fingerprint density at radius 3 is 2.46 bits per heavy atom. The first-order valence-corrected chi connectivity index (χ1v) is 9.83. The Bertz CT molecular complexity index is 1010. The van der Waals surface area contributed by atoms with E-state index in [9.17, 15) is 9.59 Å². The van der Waals surface area contributed by atoms with Crippen molar-refractivity contribution in [3.05, 3.63) is 82.6 Å². The predicted molar refractivity (Wildman–Crippen MR) is 111 cm³/mol. The van der Waals surface area contributed by atoms with E-state index < -0.39 is 0 Å². The lowest BCUT2D eigenvalue weighted by atomic mass is 10.0. The largest absolute Gasteiger partial charge is 0.352 e. The minimum atomic E-state index is -0.0157. The summed E-state index contributed by atoms with van der Waals surface area (Å²) < 4.78 is 1.84. The van der Waals surface area contributed by atoms with Crippen molar-refractivity contribution in [3.63, 3.8) is 0 Å². The molecule has 2 aromatic carbocycles. The summed E-state index contributed by atoms with van der Waals surface area (Å²) in [5.41, 5.74) is 2.11. The van der Waals surface area contributed by atoms with Crippen molar-refractivity contribution in [1.29, 1.82) is 0 Å². The van der Waals surface area contributed by atoms with Gasteiger partial charge in [-0.3, -0.25) is 14.5 Å². The Morgan fingerprint density at radius 1 is 0.964 bits per heavy atom. The van der Waals surface area contributed by atoms with E-state index in [2.05, 4.69) is 34.5 Å². The minimum absolute atomic E-state index is 0.00434. The number of likely N-dealkylation sites (tertiary alicyclic amines) is 1. The number of amides is 1. The van der Waals surface area contributed by atoms with Crippen molar-refractivity contribution in [1.82, 2.24) is 14.8 Å². The molecule has 0 unspecified atom stereocenters. The molecule has 0 spiro atoms. The van der Waals surface area contributed by atoms with Gasteiger partial charge in [0.25, 0.3) is 0 Å². The molecule has 0 atom stereocenters. The molecule has 5 heteroatoms. The number of nitrogens with zero attached hydrogens (tertiary/aromatic N) is 2. The number of carbonyl (C=O) groups excluding carboxylic acids is 1. The van der Waals surface area contributed by atoms with Crippen molar-refractivity contribution < 1.29 is 4.79 Å². The van der Waals surface area contributed by atoms with E-state index in [1.807, 2.05) is 28.8 Å². The Balaban J connectivity index is 1.32.